The largest absolute Gasteiger partial charge is 0.416 e. The van der Waals surface area contributed by atoms with E-state index in [1.54, 1.807) is 31.2 Å². The van der Waals surface area contributed by atoms with Gasteiger partial charge in [-0.1, -0.05) is 73.3 Å². The summed E-state index contributed by atoms with van der Waals surface area (Å²) in [7, 11) is -4.54. The van der Waals surface area contributed by atoms with Crippen molar-refractivity contribution in [1.82, 2.24) is 10.2 Å². The number of carbonyl (C=O) groups excluding carboxylic acids is 2. The molecule has 44 heavy (non-hydrogen) atoms. The van der Waals surface area contributed by atoms with Gasteiger partial charge in [0.05, 0.1) is 16.1 Å². The molecule has 1 fully saturated rings. The van der Waals surface area contributed by atoms with Crippen LogP contribution in [0.1, 0.15) is 50.2 Å². The summed E-state index contributed by atoms with van der Waals surface area (Å²) in [6.07, 6.45) is -1.08. The van der Waals surface area contributed by atoms with Crippen molar-refractivity contribution in [3.63, 3.8) is 0 Å². The summed E-state index contributed by atoms with van der Waals surface area (Å²) in [6, 6.07) is 14.5. The first-order valence-electron chi connectivity index (χ1n) is 14.1. The second kappa shape index (κ2) is 14.2. The molecule has 0 radical (unpaired) electrons. The van der Waals surface area contributed by atoms with E-state index in [2.05, 4.69) is 5.32 Å². The number of halogens is 5. The minimum absolute atomic E-state index is 0.0579. The van der Waals surface area contributed by atoms with Crippen LogP contribution in [0.4, 0.5) is 18.9 Å². The molecule has 2 amide bonds. The molecule has 0 aliphatic heterocycles. The lowest BCUT2D eigenvalue weighted by atomic mass is 10.1. The van der Waals surface area contributed by atoms with Crippen LogP contribution < -0.4 is 9.62 Å². The maximum absolute atomic E-state index is 14.2. The third kappa shape index (κ3) is 7.86. The Hall–Kier alpha value is -3.28. The Morgan fingerprint density at radius 2 is 1.57 bits per heavy atom. The second-order valence-electron chi connectivity index (χ2n) is 10.5. The molecule has 236 valence electrons. The van der Waals surface area contributed by atoms with Crippen molar-refractivity contribution in [3.8, 4) is 0 Å². The van der Waals surface area contributed by atoms with Gasteiger partial charge in [0.1, 0.15) is 12.6 Å². The van der Waals surface area contributed by atoms with Crippen molar-refractivity contribution < 1.29 is 31.2 Å². The highest BCUT2D eigenvalue weighted by Crippen LogP contribution is 2.34. The Bertz CT molecular complexity index is 1560. The minimum Gasteiger partial charge on any atom is -0.352 e. The fraction of sp³-hybridized carbons (Fsp3) is 0.355. The van der Waals surface area contributed by atoms with Gasteiger partial charge in [-0.15, -0.1) is 0 Å². The van der Waals surface area contributed by atoms with Gasteiger partial charge < -0.3 is 10.2 Å². The maximum atomic E-state index is 14.2. The Morgan fingerprint density at radius 1 is 0.955 bits per heavy atom. The van der Waals surface area contributed by atoms with Gasteiger partial charge in [0.2, 0.25) is 11.8 Å². The number of amides is 2. The first-order valence-corrected chi connectivity index (χ1v) is 16.3. The number of anilines is 1. The number of hydrogen-bond acceptors (Lipinski definition) is 4. The average Bonchev–Trinajstić information content (AvgIpc) is 3.50. The zero-order valence-corrected chi connectivity index (χ0v) is 26.2. The average molecular weight is 671 g/mol. The van der Waals surface area contributed by atoms with E-state index in [-0.39, 0.29) is 39.6 Å². The summed E-state index contributed by atoms with van der Waals surface area (Å²) in [6.45, 7) is 0.572. The van der Waals surface area contributed by atoms with Crippen molar-refractivity contribution in [1.29, 1.82) is 0 Å². The molecule has 0 bridgehead atoms. The van der Waals surface area contributed by atoms with Gasteiger partial charge in [-0.05, 0) is 61.7 Å². The Kier molecular flexibility index (Phi) is 10.9. The standard InChI is InChI=1S/C31H32Cl2F3N3O4S/c1-2-28(30(41)37-22-11-6-7-12-22)38(19-25-26(32)16-9-17-27(25)33)29(40)20-39(44(42,43)24-14-4-3-5-15-24)23-13-8-10-21(18-23)31(34,35)36/h3-5,8-10,13-18,22,28H,2,6-7,11-12,19-20H2,1H3,(H,37,41)/t28-/m0/s1. The second-order valence-corrected chi connectivity index (χ2v) is 13.2. The molecule has 7 nitrogen and oxygen atoms in total. The van der Waals surface area contributed by atoms with E-state index in [9.17, 15) is 31.2 Å². The molecule has 3 aromatic rings. The molecule has 1 saturated carbocycles. The van der Waals surface area contributed by atoms with Gasteiger partial charge in [0, 0.05) is 28.2 Å². The van der Waals surface area contributed by atoms with Crippen LogP contribution in [0.25, 0.3) is 0 Å². The molecule has 1 atom stereocenters. The molecule has 4 rings (SSSR count). The molecule has 1 aliphatic carbocycles. The van der Waals surface area contributed by atoms with Gasteiger partial charge in [-0.25, -0.2) is 8.42 Å². The third-order valence-corrected chi connectivity index (χ3v) is 10.0. The molecule has 0 saturated heterocycles. The highest BCUT2D eigenvalue weighted by molar-refractivity contribution is 7.92. The number of nitrogens with one attached hydrogen (secondary N) is 1. The van der Waals surface area contributed by atoms with Crippen molar-refractivity contribution in [3.05, 3.63) is 94.0 Å². The van der Waals surface area contributed by atoms with Crippen molar-refractivity contribution >= 4 is 50.7 Å². The summed E-state index contributed by atoms with van der Waals surface area (Å²) in [5, 5.41) is 3.45. The first-order chi connectivity index (χ1) is 20.8. The Balaban J connectivity index is 1.78. The van der Waals surface area contributed by atoms with Crippen LogP contribution in [0, 0.1) is 0 Å². The van der Waals surface area contributed by atoms with Crippen LogP contribution in [0.5, 0.6) is 0 Å². The minimum atomic E-state index is -4.76. The molecule has 13 heteroatoms. The molecule has 0 heterocycles. The zero-order chi connectivity index (χ0) is 32.1. The van der Waals surface area contributed by atoms with Crippen molar-refractivity contribution in [2.24, 2.45) is 0 Å². The van der Waals surface area contributed by atoms with E-state index < -0.39 is 46.2 Å². The lowest BCUT2D eigenvalue weighted by molar-refractivity contribution is -0.140. The van der Waals surface area contributed by atoms with Crippen LogP contribution >= 0.6 is 23.2 Å². The summed E-state index contributed by atoms with van der Waals surface area (Å²) < 4.78 is 69.3. The molecule has 0 aromatic heterocycles. The van der Waals surface area contributed by atoms with Crippen molar-refractivity contribution in [2.75, 3.05) is 10.8 Å². The topological polar surface area (TPSA) is 86.8 Å². The highest BCUT2D eigenvalue weighted by atomic mass is 35.5. The van der Waals surface area contributed by atoms with E-state index in [0.29, 0.717) is 15.9 Å². The van der Waals surface area contributed by atoms with Crippen molar-refractivity contribution in [2.45, 2.75) is 68.7 Å². The molecule has 3 aromatic carbocycles. The summed E-state index contributed by atoms with van der Waals surface area (Å²) in [5.41, 5.74) is -1.11. The predicted octanol–water partition coefficient (Wildman–Crippen LogP) is 7.07. The third-order valence-electron chi connectivity index (χ3n) is 7.55. The number of carbonyl (C=O) groups is 2. The Morgan fingerprint density at radius 3 is 2.16 bits per heavy atom. The molecule has 0 spiro atoms. The van der Waals surface area contributed by atoms with Crippen LogP contribution in [0.2, 0.25) is 10.0 Å². The van der Waals surface area contributed by atoms with Crippen LogP contribution in [0.3, 0.4) is 0 Å². The normalized spacial score (nSPS) is 14.7. The van der Waals surface area contributed by atoms with Gasteiger partial charge in [-0.2, -0.15) is 13.2 Å². The summed E-state index contributed by atoms with van der Waals surface area (Å²) >= 11 is 12.8. The lowest BCUT2D eigenvalue weighted by Gasteiger charge is -2.34. The number of sulfonamides is 1. The SMILES string of the molecule is CC[C@@H](C(=O)NC1CCCC1)N(Cc1c(Cl)cccc1Cl)C(=O)CN(c1cccc(C(F)(F)F)c1)S(=O)(=O)c1ccccc1. The van der Waals surface area contributed by atoms with Crippen LogP contribution in [-0.2, 0) is 32.3 Å². The zero-order valence-electron chi connectivity index (χ0n) is 23.9. The van der Waals surface area contributed by atoms with Gasteiger partial charge in [0.25, 0.3) is 10.0 Å². The predicted molar refractivity (Wildman–Crippen MR) is 164 cm³/mol. The number of benzene rings is 3. The fourth-order valence-corrected chi connectivity index (χ4v) is 7.17. The van der Waals surface area contributed by atoms with Gasteiger partial charge >= 0.3 is 6.18 Å². The quantitative estimate of drug-likeness (QED) is 0.237. The van der Waals surface area contributed by atoms with E-state index >= 15 is 0 Å². The fourth-order valence-electron chi connectivity index (χ4n) is 5.23. The molecule has 0 unspecified atom stereocenters. The molecule has 1 N–H and O–H groups in total. The maximum Gasteiger partial charge on any atom is 0.416 e. The van der Waals surface area contributed by atoms with Crippen LogP contribution in [-0.4, -0.2) is 43.8 Å². The molecule has 1 aliphatic rings. The van der Waals surface area contributed by atoms with Gasteiger partial charge in [-0.3, -0.25) is 13.9 Å². The van der Waals surface area contributed by atoms with E-state index in [1.807, 2.05) is 0 Å². The number of nitrogens with zero attached hydrogens (tertiary/aromatic N) is 2. The lowest BCUT2D eigenvalue weighted by Crippen LogP contribution is -2.53. The number of alkyl halides is 3. The van der Waals surface area contributed by atoms with E-state index in [1.165, 1.54) is 35.2 Å². The highest BCUT2D eigenvalue weighted by Gasteiger charge is 2.36. The number of rotatable bonds is 11. The van der Waals surface area contributed by atoms with E-state index in [0.717, 1.165) is 37.8 Å². The summed E-state index contributed by atoms with van der Waals surface area (Å²) in [4.78, 5) is 28.7. The molecular formula is C31H32Cl2F3N3O4S. The number of hydrogen-bond donors (Lipinski definition) is 1. The van der Waals surface area contributed by atoms with Crippen LogP contribution in [0.15, 0.2) is 77.7 Å². The Labute approximate surface area is 265 Å². The first kappa shape index (κ1) is 33.6. The smallest absolute Gasteiger partial charge is 0.352 e. The van der Waals surface area contributed by atoms with Gasteiger partial charge in [0.15, 0.2) is 0 Å². The molecular weight excluding hydrogens is 638 g/mol. The van der Waals surface area contributed by atoms with E-state index in [4.69, 9.17) is 23.2 Å². The summed E-state index contributed by atoms with van der Waals surface area (Å²) in [5.74, 6) is -1.25. The monoisotopic (exact) mass is 669 g/mol.